The molecule has 0 heterocycles. The van der Waals surface area contributed by atoms with Crippen LogP contribution in [-0.4, -0.2) is 7.11 Å². The summed E-state index contributed by atoms with van der Waals surface area (Å²) in [6.07, 6.45) is 0. The molecule has 0 unspecified atom stereocenters. The molecule has 0 aromatic heterocycles. The maximum Gasteiger partial charge on any atom is 0.119 e. The Labute approximate surface area is 173 Å². The Hall–Kier alpha value is -3.52. The van der Waals surface area contributed by atoms with Gasteiger partial charge in [-0.15, -0.1) is 0 Å². The number of benzene rings is 4. The van der Waals surface area contributed by atoms with Crippen LogP contribution in [0.15, 0.2) is 103 Å². The summed E-state index contributed by atoms with van der Waals surface area (Å²) < 4.78 is 5.41. The number of aryl methyl sites for hydroxylation is 1. The van der Waals surface area contributed by atoms with Gasteiger partial charge in [0.2, 0.25) is 0 Å². The van der Waals surface area contributed by atoms with Crippen molar-refractivity contribution in [3.63, 3.8) is 0 Å². The van der Waals surface area contributed by atoms with Gasteiger partial charge in [-0.25, -0.2) is 0 Å². The van der Waals surface area contributed by atoms with Crippen molar-refractivity contribution in [2.45, 2.75) is 13.5 Å². The summed E-state index contributed by atoms with van der Waals surface area (Å²) in [5, 5.41) is 0. The minimum Gasteiger partial charge on any atom is -0.497 e. The van der Waals surface area contributed by atoms with Gasteiger partial charge in [0.15, 0.2) is 0 Å². The second-order valence-corrected chi connectivity index (χ2v) is 7.19. The molecule has 0 atom stereocenters. The van der Waals surface area contributed by atoms with Crippen LogP contribution in [0.5, 0.6) is 5.75 Å². The average molecular weight is 380 g/mol. The van der Waals surface area contributed by atoms with Crippen molar-refractivity contribution in [1.82, 2.24) is 0 Å². The first-order valence-corrected chi connectivity index (χ1v) is 9.85. The third kappa shape index (κ3) is 4.49. The molecule has 2 heteroatoms. The lowest BCUT2D eigenvalue weighted by atomic mass is 10.0. The van der Waals surface area contributed by atoms with Crippen molar-refractivity contribution in [2.75, 3.05) is 12.0 Å². The molecule has 144 valence electrons. The predicted octanol–water partition coefficient (Wildman–Crippen LogP) is 7.01. The van der Waals surface area contributed by atoms with E-state index in [0.717, 1.165) is 18.0 Å². The van der Waals surface area contributed by atoms with E-state index in [-0.39, 0.29) is 0 Å². The van der Waals surface area contributed by atoms with E-state index in [9.17, 15) is 0 Å². The number of anilines is 2. The third-order valence-corrected chi connectivity index (χ3v) is 5.11. The van der Waals surface area contributed by atoms with Gasteiger partial charge in [-0.2, -0.15) is 0 Å². The highest BCUT2D eigenvalue weighted by molar-refractivity contribution is 5.70. The Morgan fingerprint density at radius 1 is 0.655 bits per heavy atom. The zero-order valence-corrected chi connectivity index (χ0v) is 16.9. The molecule has 2 nitrogen and oxygen atoms in total. The molecule has 0 spiro atoms. The van der Waals surface area contributed by atoms with E-state index in [0.29, 0.717) is 0 Å². The summed E-state index contributed by atoms with van der Waals surface area (Å²) >= 11 is 0. The highest BCUT2D eigenvalue weighted by Gasteiger charge is 2.11. The van der Waals surface area contributed by atoms with Crippen molar-refractivity contribution < 1.29 is 4.74 Å². The number of hydrogen-bond donors (Lipinski definition) is 0. The molecule has 4 aromatic carbocycles. The Morgan fingerprint density at radius 2 is 1.28 bits per heavy atom. The smallest absolute Gasteiger partial charge is 0.119 e. The molecule has 0 aliphatic rings. The summed E-state index contributed by atoms with van der Waals surface area (Å²) in [6.45, 7) is 2.88. The first-order valence-electron chi connectivity index (χ1n) is 9.85. The van der Waals surface area contributed by atoms with E-state index in [4.69, 9.17) is 4.74 Å². The minimum absolute atomic E-state index is 0.769. The molecule has 0 saturated heterocycles. The third-order valence-electron chi connectivity index (χ3n) is 5.11. The van der Waals surface area contributed by atoms with Gasteiger partial charge < -0.3 is 9.64 Å². The molecule has 0 saturated carbocycles. The van der Waals surface area contributed by atoms with Gasteiger partial charge in [0.1, 0.15) is 5.75 Å². The van der Waals surface area contributed by atoms with E-state index >= 15 is 0 Å². The molecule has 0 N–H and O–H groups in total. The van der Waals surface area contributed by atoms with Gasteiger partial charge in [-0.1, -0.05) is 72.3 Å². The lowest BCUT2D eigenvalue weighted by Gasteiger charge is -2.26. The SMILES string of the molecule is COc1cccc(CN(c2ccc(C)cc2)c2ccc(-c3ccccc3)cc2)c1. The number of methoxy groups -OCH3 is 1. The van der Waals surface area contributed by atoms with Crippen LogP contribution in [0.3, 0.4) is 0 Å². The zero-order valence-electron chi connectivity index (χ0n) is 16.9. The molecule has 4 rings (SSSR count). The van der Waals surface area contributed by atoms with Crippen molar-refractivity contribution in [2.24, 2.45) is 0 Å². The van der Waals surface area contributed by atoms with Crippen LogP contribution in [0.25, 0.3) is 11.1 Å². The van der Waals surface area contributed by atoms with Gasteiger partial charge in [0.25, 0.3) is 0 Å². The van der Waals surface area contributed by atoms with E-state index < -0.39 is 0 Å². The maximum atomic E-state index is 5.41. The van der Waals surface area contributed by atoms with Crippen molar-refractivity contribution in [3.05, 3.63) is 114 Å². The van der Waals surface area contributed by atoms with Gasteiger partial charge in [-0.05, 0) is 60.0 Å². The van der Waals surface area contributed by atoms with Gasteiger partial charge >= 0.3 is 0 Å². The Morgan fingerprint density at radius 3 is 1.93 bits per heavy atom. The molecule has 29 heavy (non-hydrogen) atoms. The first kappa shape index (κ1) is 18.8. The average Bonchev–Trinajstić information content (AvgIpc) is 2.79. The Kier molecular flexibility index (Phi) is 5.62. The molecule has 0 aliphatic heterocycles. The number of ether oxygens (including phenoxy) is 1. The van der Waals surface area contributed by atoms with Crippen LogP contribution in [0.2, 0.25) is 0 Å². The van der Waals surface area contributed by atoms with Crippen LogP contribution in [0.1, 0.15) is 11.1 Å². The van der Waals surface area contributed by atoms with Gasteiger partial charge in [-0.3, -0.25) is 0 Å². The lowest BCUT2D eigenvalue weighted by molar-refractivity contribution is 0.414. The van der Waals surface area contributed by atoms with E-state index in [2.05, 4.69) is 96.8 Å². The molecule has 0 bridgehead atoms. The van der Waals surface area contributed by atoms with Crippen molar-refractivity contribution in [3.8, 4) is 16.9 Å². The van der Waals surface area contributed by atoms with E-state index in [1.165, 1.54) is 27.9 Å². The molecule has 0 amide bonds. The fourth-order valence-electron chi connectivity index (χ4n) is 3.47. The topological polar surface area (TPSA) is 12.5 Å². The standard InChI is InChI=1S/C27H25NO/c1-21-11-15-25(16-12-21)28(20-22-7-6-10-27(19-22)29-2)26-17-13-24(14-18-26)23-8-4-3-5-9-23/h3-19H,20H2,1-2H3. The predicted molar refractivity (Wildman–Crippen MR) is 122 cm³/mol. The second kappa shape index (κ2) is 8.66. The molecule has 4 aromatic rings. The molecular formula is C27H25NO. The van der Waals surface area contributed by atoms with E-state index in [1.54, 1.807) is 7.11 Å². The normalized spacial score (nSPS) is 10.6. The van der Waals surface area contributed by atoms with Gasteiger partial charge in [0, 0.05) is 17.9 Å². The molecule has 0 aliphatic carbocycles. The van der Waals surface area contributed by atoms with Crippen LogP contribution in [-0.2, 0) is 6.54 Å². The van der Waals surface area contributed by atoms with Crippen LogP contribution >= 0.6 is 0 Å². The lowest BCUT2D eigenvalue weighted by Crippen LogP contribution is -2.16. The zero-order chi connectivity index (χ0) is 20.1. The number of hydrogen-bond acceptors (Lipinski definition) is 2. The Bertz CT molecular complexity index is 1050. The fraction of sp³-hybridized carbons (Fsp3) is 0.111. The summed E-state index contributed by atoms with van der Waals surface area (Å²) in [5.74, 6) is 0.880. The number of rotatable bonds is 6. The van der Waals surface area contributed by atoms with Crippen LogP contribution < -0.4 is 9.64 Å². The highest BCUT2D eigenvalue weighted by Crippen LogP contribution is 2.30. The minimum atomic E-state index is 0.769. The number of nitrogens with zero attached hydrogens (tertiary/aromatic N) is 1. The quantitative estimate of drug-likeness (QED) is 0.357. The first-order chi connectivity index (χ1) is 14.2. The van der Waals surface area contributed by atoms with Crippen LogP contribution in [0.4, 0.5) is 11.4 Å². The monoisotopic (exact) mass is 379 g/mol. The summed E-state index contributed by atoms with van der Waals surface area (Å²) in [6, 6.07) is 36.2. The molecule has 0 fully saturated rings. The Balaban J connectivity index is 1.68. The van der Waals surface area contributed by atoms with Gasteiger partial charge in [0.05, 0.1) is 7.11 Å². The second-order valence-electron chi connectivity index (χ2n) is 7.19. The van der Waals surface area contributed by atoms with Crippen molar-refractivity contribution in [1.29, 1.82) is 0 Å². The summed E-state index contributed by atoms with van der Waals surface area (Å²) in [4.78, 5) is 2.34. The summed E-state index contributed by atoms with van der Waals surface area (Å²) in [7, 11) is 1.71. The van der Waals surface area contributed by atoms with Crippen molar-refractivity contribution >= 4 is 11.4 Å². The highest BCUT2D eigenvalue weighted by atomic mass is 16.5. The van der Waals surface area contributed by atoms with Crippen LogP contribution in [0, 0.1) is 6.92 Å². The molecule has 0 radical (unpaired) electrons. The largest absolute Gasteiger partial charge is 0.497 e. The molecular weight excluding hydrogens is 354 g/mol. The fourth-order valence-corrected chi connectivity index (χ4v) is 3.47. The van der Waals surface area contributed by atoms with E-state index in [1.807, 2.05) is 18.2 Å². The maximum absolute atomic E-state index is 5.41. The summed E-state index contributed by atoms with van der Waals surface area (Å²) in [5.41, 5.74) is 7.25.